The summed E-state index contributed by atoms with van der Waals surface area (Å²) in [5.41, 5.74) is 1.39. The van der Waals surface area contributed by atoms with E-state index in [2.05, 4.69) is 42.2 Å². The van der Waals surface area contributed by atoms with Crippen LogP contribution in [0.15, 0.2) is 30.3 Å². The summed E-state index contributed by atoms with van der Waals surface area (Å²) >= 11 is 0. The van der Waals surface area contributed by atoms with Gasteiger partial charge in [-0.25, -0.2) is 0 Å². The van der Waals surface area contributed by atoms with Gasteiger partial charge in [-0.2, -0.15) is 0 Å². The van der Waals surface area contributed by atoms with Gasteiger partial charge in [-0.1, -0.05) is 43.7 Å². The monoisotopic (exact) mass is 267 g/mol. The lowest BCUT2D eigenvalue weighted by molar-refractivity contribution is 0.227. The zero-order valence-electron chi connectivity index (χ0n) is 11.7. The van der Waals surface area contributed by atoms with Crippen LogP contribution in [0.4, 0.5) is 0 Å². The topological polar surface area (TPSA) is 30.5 Å². The standard InChI is InChI=1S/C14H25NO2Si/c1-4-13-18(16-2,17-3)15-12-8-11-14-9-6-5-7-10-14/h5-7,9-10,15H,4,8,11-13H2,1-3H3. The molecule has 0 aromatic heterocycles. The van der Waals surface area contributed by atoms with Crippen LogP contribution in [-0.2, 0) is 15.3 Å². The molecule has 0 aliphatic carbocycles. The Hall–Kier alpha value is -0.683. The van der Waals surface area contributed by atoms with Crippen molar-refractivity contribution in [3.63, 3.8) is 0 Å². The summed E-state index contributed by atoms with van der Waals surface area (Å²) in [6.07, 6.45) is 3.28. The molecule has 0 saturated carbocycles. The predicted molar refractivity (Wildman–Crippen MR) is 77.6 cm³/mol. The Bertz CT molecular complexity index is 315. The molecule has 0 fully saturated rings. The highest BCUT2D eigenvalue weighted by Crippen LogP contribution is 2.11. The van der Waals surface area contributed by atoms with Crippen molar-refractivity contribution in [3.05, 3.63) is 35.9 Å². The van der Waals surface area contributed by atoms with Gasteiger partial charge >= 0.3 is 8.72 Å². The van der Waals surface area contributed by atoms with E-state index in [0.29, 0.717) is 0 Å². The lowest BCUT2D eigenvalue weighted by atomic mass is 10.1. The van der Waals surface area contributed by atoms with Crippen molar-refractivity contribution in [1.82, 2.24) is 4.98 Å². The SMILES string of the molecule is CCC[Si](NCCCc1ccccc1)(OC)OC. The second-order valence-corrected chi connectivity index (χ2v) is 7.60. The molecule has 0 amide bonds. The maximum absolute atomic E-state index is 5.59. The maximum atomic E-state index is 5.59. The van der Waals surface area contributed by atoms with Crippen LogP contribution >= 0.6 is 0 Å². The third-order valence-corrected chi connectivity index (χ3v) is 6.38. The van der Waals surface area contributed by atoms with Gasteiger partial charge in [0.2, 0.25) is 0 Å². The first-order chi connectivity index (χ1) is 8.76. The van der Waals surface area contributed by atoms with Gasteiger partial charge in [0, 0.05) is 20.3 Å². The highest BCUT2D eigenvalue weighted by molar-refractivity contribution is 6.64. The van der Waals surface area contributed by atoms with E-state index in [-0.39, 0.29) is 0 Å². The minimum atomic E-state index is -2.13. The fraction of sp³-hybridized carbons (Fsp3) is 0.571. The lowest BCUT2D eigenvalue weighted by Gasteiger charge is -2.27. The molecule has 0 aliphatic heterocycles. The van der Waals surface area contributed by atoms with E-state index in [1.807, 2.05) is 0 Å². The van der Waals surface area contributed by atoms with E-state index in [1.54, 1.807) is 14.2 Å². The third kappa shape index (κ3) is 4.90. The van der Waals surface area contributed by atoms with E-state index in [1.165, 1.54) is 5.56 Å². The van der Waals surface area contributed by atoms with Crippen molar-refractivity contribution in [2.24, 2.45) is 0 Å². The van der Waals surface area contributed by atoms with Crippen molar-refractivity contribution < 1.29 is 8.85 Å². The van der Waals surface area contributed by atoms with Crippen LogP contribution in [0.1, 0.15) is 25.3 Å². The molecule has 1 aromatic carbocycles. The van der Waals surface area contributed by atoms with Crippen molar-refractivity contribution in [2.75, 3.05) is 20.8 Å². The van der Waals surface area contributed by atoms with E-state index in [4.69, 9.17) is 8.85 Å². The highest BCUT2D eigenvalue weighted by atomic mass is 28.4. The molecule has 0 unspecified atom stereocenters. The molecule has 102 valence electrons. The van der Waals surface area contributed by atoms with Gasteiger partial charge in [-0.05, 0) is 24.9 Å². The summed E-state index contributed by atoms with van der Waals surface area (Å²) in [7, 11) is 1.36. The summed E-state index contributed by atoms with van der Waals surface area (Å²) in [6, 6.07) is 11.6. The van der Waals surface area contributed by atoms with Gasteiger partial charge < -0.3 is 8.85 Å². The van der Waals surface area contributed by atoms with Crippen molar-refractivity contribution in [1.29, 1.82) is 0 Å². The molecule has 18 heavy (non-hydrogen) atoms. The van der Waals surface area contributed by atoms with Gasteiger partial charge in [-0.15, -0.1) is 0 Å². The fourth-order valence-electron chi connectivity index (χ4n) is 2.07. The Morgan fingerprint density at radius 2 is 1.78 bits per heavy atom. The van der Waals surface area contributed by atoms with Crippen LogP contribution in [0.2, 0.25) is 6.04 Å². The summed E-state index contributed by atoms with van der Waals surface area (Å²) in [5.74, 6) is 0. The molecule has 4 heteroatoms. The number of hydrogen-bond donors (Lipinski definition) is 1. The predicted octanol–water partition coefficient (Wildman–Crippen LogP) is 2.85. The summed E-state index contributed by atoms with van der Waals surface area (Å²) in [5, 5.41) is 0. The van der Waals surface area contributed by atoms with Crippen molar-refractivity contribution in [3.8, 4) is 0 Å². The minimum Gasteiger partial charge on any atom is -0.386 e. The van der Waals surface area contributed by atoms with E-state index >= 15 is 0 Å². The molecule has 3 nitrogen and oxygen atoms in total. The van der Waals surface area contributed by atoms with Gasteiger partial charge in [-0.3, -0.25) is 4.98 Å². The third-order valence-electron chi connectivity index (χ3n) is 3.12. The maximum Gasteiger partial charge on any atom is 0.424 e. The highest BCUT2D eigenvalue weighted by Gasteiger charge is 2.34. The Morgan fingerprint density at radius 3 is 2.33 bits per heavy atom. The van der Waals surface area contributed by atoms with Crippen LogP contribution in [0, 0.1) is 0 Å². The first-order valence-electron chi connectivity index (χ1n) is 6.65. The number of benzene rings is 1. The molecule has 1 aromatic rings. The van der Waals surface area contributed by atoms with Gasteiger partial charge in [0.1, 0.15) is 0 Å². The summed E-state index contributed by atoms with van der Waals surface area (Å²) < 4.78 is 11.2. The molecule has 1 rings (SSSR count). The molecular formula is C14H25NO2Si. The largest absolute Gasteiger partial charge is 0.424 e. The smallest absolute Gasteiger partial charge is 0.386 e. The molecule has 0 spiro atoms. The molecule has 0 bridgehead atoms. The van der Waals surface area contributed by atoms with Crippen molar-refractivity contribution >= 4 is 8.72 Å². The van der Waals surface area contributed by atoms with Crippen LogP contribution in [-0.4, -0.2) is 29.5 Å². The summed E-state index contributed by atoms with van der Waals surface area (Å²) in [6.45, 7) is 3.11. The Kier molecular flexibility index (Phi) is 7.20. The molecule has 0 radical (unpaired) electrons. The average Bonchev–Trinajstić information content (AvgIpc) is 2.43. The summed E-state index contributed by atoms with van der Waals surface area (Å²) in [4.78, 5) is 3.50. The quantitative estimate of drug-likeness (QED) is 0.551. The molecule has 0 aliphatic rings. The van der Waals surface area contributed by atoms with Crippen molar-refractivity contribution in [2.45, 2.75) is 32.2 Å². The first-order valence-corrected chi connectivity index (χ1v) is 8.68. The average molecular weight is 267 g/mol. The molecule has 0 saturated heterocycles. The zero-order valence-corrected chi connectivity index (χ0v) is 12.7. The number of rotatable bonds is 9. The number of aryl methyl sites for hydroxylation is 1. The van der Waals surface area contributed by atoms with Gasteiger partial charge in [0.25, 0.3) is 0 Å². The van der Waals surface area contributed by atoms with Crippen LogP contribution < -0.4 is 4.98 Å². The molecule has 0 heterocycles. The molecule has 0 atom stereocenters. The normalized spacial score (nSPS) is 11.7. The Labute approximate surface area is 112 Å². The molecular weight excluding hydrogens is 242 g/mol. The fourth-order valence-corrected chi connectivity index (χ4v) is 4.32. The minimum absolute atomic E-state index is 0.947. The van der Waals surface area contributed by atoms with Gasteiger partial charge in [0.05, 0.1) is 0 Å². The zero-order chi connectivity index (χ0) is 13.3. The van der Waals surface area contributed by atoms with Crippen LogP contribution in [0.5, 0.6) is 0 Å². The number of hydrogen-bond acceptors (Lipinski definition) is 3. The Balaban J connectivity index is 2.31. The Morgan fingerprint density at radius 1 is 1.11 bits per heavy atom. The van der Waals surface area contributed by atoms with E-state index in [0.717, 1.165) is 31.9 Å². The van der Waals surface area contributed by atoms with E-state index < -0.39 is 8.72 Å². The van der Waals surface area contributed by atoms with Gasteiger partial charge in [0.15, 0.2) is 0 Å². The molecule has 1 N–H and O–H groups in total. The van der Waals surface area contributed by atoms with E-state index in [9.17, 15) is 0 Å². The van der Waals surface area contributed by atoms with Crippen LogP contribution in [0.25, 0.3) is 0 Å². The number of nitrogens with one attached hydrogen (secondary N) is 1. The lowest BCUT2D eigenvalue weighted by Crippen LogP contribution is -2.55. The van der Waals surface area contributed by atoms with Crippen LogP contribution in [0.3, 0.4) is 0 Å². The second kappa shape index (κ2) is 8.42. The second-order valence-electron chi connectivity index (χ2n) is 4.43. The first kappa shape index (κ1) is 15.4.